The van der Waals surface area contributed by atoms with Crippen LogP contribution >= 0.6 is 0 Å². The highest BCUT2D eigenvalue weighted by atomic mass is 19.1. The van der Waals surface area contributed by atoms with Gasteiger partial charge in [-0.25, -0.2) is 14.0 Å². The zero-order valence-corrected chi connectivity index (χ0v) is 20.2. The van der Waals surface area contributed by atoms with E-state index in [2.05, 4.69) is 5.32 Å². The minimum Gasteiger partial charge on any atom is -0.467 e. The van der Waals surface area contributed by atoms with Crippen molar-refractivity contribution in [3.8, 4) is 0 Å². The maximum absolute atomic E-state index is 14.3. The second-order valence-corrected chi connectivity index (χ2v) is 9.30. The number of benzene rings is 1. The maximum atomic E-state index is 14.3. The first-order chi connectivity index (χ1) is 15.5. The lowest BCUT2D eigenvalue weighted by molar-refractivity contribution is -0.146. The Balaban J connectivity index is 2.15. The van der Waals surface area contributed by atoms with Crippen LogP contribution in [-0.2, 0) is 30.2 Å². The average Bonchev–Trinajstić information content (AvgIpc) is 3.14. The van der Waals surface area contributed by atoms with E-state index in [1.165, 1.54) is 19.1 Å². The van der Waals surface area contributed by atoms with E-state index in [0.717, 1.165) is 5.56 Å². The zero-order valence-electron chi connectivity index (χ0n) is 20.2. The summed E-state index contributed by atoms with van der Waals surface area (Å²) >= 11 is 0. The van der Waals surface area contributed by atoms with Crippen LogP contribution in [0.2, 0.25) is 0 Å². The summed E-state index contributed by atoms with van der Waals surface area (Å²) in [6, 6.07) is 7.65. The van der Waals surface area contributed by atoms with Crippen LogP contribution in [0, 0.1) is 5.92 Å². The number of rotatable bonds is 8. The number of likely N-dealkylation sites (tertiary alicyclic amines) is 1. The molecule has 0 aliphatic carbocycles. The summed E-state index contributed by atoms with van der Waals surface area (Å²) in [6.07, 6.45) is -2.42. The third-order valence-electron chi connectivity index (χ3n) is 5.56. The molecule has 1 aliphatic heterocycles. The number of carbonyl (C=O) groups is 3. The Kier molecular flexibility index (Phi) is 9.22. The number of carbonyl (C=O) groups excluding carboxylic acids is 3. The van der Waals surface area contributed by atoms with Crippen LogP contribution < -0.4 is 5.32 Å². The van der Waals surface area contributed by atoms with E-state index >= 15 is 0 Å². The second kappa shape index (κ2) is 11.4. The number of alkyl halides is 1. The summed E-state index contributed by atoms with van der Waals surface area (Å²) in [5.74, 6) is -1.81. The molecule has 0 radical (unpaired) electrons. The molecule has 33 heavy (non-hydrogen) atoms. The van der Waals surface area contributed by atoms with E-state index in [0.29, 0.717) is 0 Å². The molecule has 1 fully saturated rings. The van der Waals surface area contributed by atoms with Gasteiger partial charge >= 0.3 is 12.1 Å². The summed E-state index contributed by atoms with van der Waals surface area (Å²) in [7, 11) is 2.67. The highest BCUT2D eigenvalue weighted by Crippen LogP contribution is 2.29. The summed E-state index contributed by atoms with van der Waals surface area (Å²) in [5.41, 5.74) is 0.114. The Morgan fingerprint density at radius 2 is 1.82 bits per heavy atom. The van der Waals surface area contributed by atoms with Crippen molar-refractivity contribution in [3.05, 3.63) is 35.9 Å². The van der Waals surface area contributed by atoms with Gasteiger partial charge < -0.3 is 19.5 Å². The van der Waals surface area contributed by atoms with Gasteiger partial charge in [-0.3, -0.25) is 9.69 Å². The molecule has 1 heterocycles. The van der Waals surface area contributed by atoms with E-state index in [9.17, 15) is 18.8 Å². The molecule has 1 saturated heterocycles. The molecule has 1 aliphatic rings. The lowest BCUT2D eigenvalue weighted by Gasteiger charge is -2.34. The predicted molar refractivity (Wildman–Crippen MR) is 120 cm³/mol. The Hall–Kier alpha value is -2.68. The Labute approximate surface area is 194 Å². The maximum Gasteiger partial charge on any atom is 0.410 e. The smallest absolute Gasteiger partial charge is 0.410 e. The van der Waals surface area contributed by atoms with Crippen LogP contribution in [0.1, 0.15) is 39.7 Å². The molecule has 1 N–H and O–H groups in total. The highest BCUT2D eigenvalue weighted by molar-refractivity contribution is 5.86. The molecular weight excluding hydrogens is 431 g/mol. The SMILES string of the molecule is COC(=O)[C@H](Cc1ccccc1)NC(=O)[C@H](C)C(OC)[C@@H]1CC(F)CN1C(=O)OC(C)(C)C. The van der Waals surface area contributed by atoms with Crippen molar-refractivity contribution in [1.82, 2.24) is 10.2 Å². The third-order valence-corrected chi connectivity index (χ3v) is 5.56. The van der Waals surface area contributed by atoms with Gasteiger partial charge in [0.05, 0.1) is 31.7 Å². The molecule has 5 atom stereocenters. The van der Waals surface area contributed by atoms with Gasteiger partial charge in [-0.2, -0.15) is 0 Å². The van der Waals surface area contributed by atoms with Gasteiger partial charge in [0.2, 0.25) is 5.91 Å². The van der Waals surface area contributed by atoms with Crippen LogP contribution in [0.3, 0.4) is 0 Å². The van der Waals surface area contributed by atoms with Gasteiger partial charge in [0.25, 0.3) is 0 Å². The van der Waals surface area contributed by atoms with Crippen molar-refractivity contribution in [2.75, 3.05) is 20.8 Å². The summed E-state index contributed by atoms with van der Waals surface area (Å²) < 4.78 is 30.2. The van der Waals surface area contributed by atoms with Crippen molar-refractivity contribution >= 4 is 18.0 Å². The number of methoxy groups -OCH3 is 2. The Morgan fingerprint density at radius 3 is 2.36 bits per heavy atom. The minimum absolute atomic E-state index is 0.0276. The first-order valence-electron chi connectivity index (χ1n) is 11.1. The van der Waals surface area contributed by atoms with Gasteiger partial charge in [-0.05, 0) is 26.3 Å². The number of esters is 1. The molecule has 184 valence electrons. The molecule has 9 heteroatoms. The predicted octanol–water partition coefficient (Wildman–Crippen LogP) is 2.89. The number of hydrogen-bond acceptors (Lipinski definition) is 6. The van der Waals surface area contributed by atoms with E-state index in [1.54, 1.807) is 27.7 Å². The summed E-state index contributed by atoms with van der Waals surface area (Å²) in [4.78, 5) is 39.3. The molecule has 8 nitrogen and oxygen atoms in total. The van der Waals surface area contributed by atoms with E-state index in [-0.39, 0.29) is 19.4 Å². The van der Waals surface area contributed by atoms with Crippen molar-refractivity contribution in [2.45, 2.75) is 70.5 Å². The van der Waals surface area contributed by atoms with E-state index in [1.807, 2.05) is 30.3 Å². The average molecular weight is 467 g/mol. The third kappa shape index (κ3) is 7.42. The van der Waals surface area contributed by atoms with Gasteiger partial charge in [-0.1, -0.05) is 37.3 Å². The lowest BCUT2D eigenvalue weighted by Crippen LogP contribution is -2.53. The number of amides is 2. The van der Waals surface area contributed by atoms with E-state index < -0.39 is 53.8 Å². The Bertz CT molecular complexity index is 813. The van der Waals surface area contributed by atoms with Gasteiger partial charge in [-0.15, -0.1) is 0 Å². The second-order valence-electron chi connectivity index (χ2n) is 9.30. The number of halogens is 1. The quantitative estimate of drug-likeness (QED) is 0.592. The van der Waals surface area contributed by atoms with Crippen LogP contribution in [0.15, 0.2) is 30.3 Å². The molecule has 0 bridgehead atoms. The van der Waals surface area contributed by atoms with Crippen molar-refractivity contribution in [1.29, 1.82) is 0 Å². The summed E-state index contributed by atoms with van der Waals surface area (Å²) in [6.45, 7) is 6.68. The first kappa shape index (κ1) is 26.6. The van der Waals surface area contributed by atoms with Crippen molar-refractivity contribution in [2.24, 2.45) is 5.92 Å². The highest BCUT2D eigenvalue weighted by Gasteiger charge is 2.45. The monoisotopic (exact) mass is 466 g/mol. The van der Waals surface area contributed by atoms with Gasteiger partial charge in [0, 0.05) is 20.0 Å². The molecule has 0 saturated carbocycles. The molecule has 1 aromatic carbocycles. The molecule has 2 rings (SSSR count). The van der Waals surface area contributed by atoms with Gasteiger partial charge in [0.15, 0.2) is 0 Å². The van der Waals surface area contributed by atoms with E-state index in [4.69, 9.17) is 14.2 Å². The number of ether oxygens (including phenoxy) is 3. The fourth-order valence-electron chi connectivity index (χ4n) is 3.99. The zero-order chi connectivity index (χ0) is 24.8. The normalized spacial score (nSPS) is 21.1. The van der Waals surface area contributed by atoms with Crippen LogP contribution in [0.5, 0.6) is 0 Å². The molecule has 2 unspecified atom stereocenters. The minimum atomic E-state index is -1.25. The molecular formula is C24H35FN2O6. The number of nitrogens with one attached hydrogen (secondary N) is 1. The van der Waals surface area contributed by atoms with Crippen molar-refractivity contribution < 1.29 is 33.0 Å². The molecule has 2 amide bonds. The summed E-state index contributed by atoms with van der Waals surface area (Å²) in [5, 5.41) is 2.73. The fourth-order valence-corrected chi connectivity index (χ4v) is 3.99. The molecule has 0 aromatic heterocycles. The molecule has 0 spiro atoms. The topological polar surface area (TPSA) is 94.2 Å². The van der Waals surface area contributed by atoms with Crippen molar-refractivity contribution in [3.63, 3.8) is 0 Å². The lowest BCUT2D eigenvalue weighted by atomic mass is 9.94. The van der Waals surface area contributed by atoms with Crippen LogP contribution in [0.4, 0.5) is 9.18 Å². The Morgan fingerprint density at radius 1 is 1.18 bits per heavy atom. The number of hydrogen-bond donors (Lipinski definition) is 1. The van der Waals surface area contributed by atoms with Gasteiger partial charge in [0.1, 0.15) is 17.8 Å². The standard InChI is InChI=1S/C24H35FN2O6/c1-15(21(28)26-18(22(29)32-6)12-16-10-8-7-9-11-16)20(31-5)19-13-17(25)14-27(19)23(30)33-24(2,3)4/h7-11,15,17-20H,12-14H2,1-6H3,(H,26,28)/t15-,17?,18+,19+,20?/m1/s1. The first-order valence-corrected chi connectivity index (χ1v) is 11.1. The van der Waals surface area contributed by atoms with Crippen LogP contribution in [-0.4, -0.2) is 73.6 Å². The number of nitrogens with zero attached hydrogens (tertiary/aromatic N) is 1. The largest absolute Gasteiger partial charge is 0.467 e. The fraction of sp³-hybridized carbons (Fsp3) is 0.625. The van der Waals surface area contributed by atoms with Crippen LogP contribution in [0.25, 0.3) is 0 Å². The molecule has 1 aromatic rings.